The fourth-order valence-electron chi connectivity index (χ4n) is 1.72. The van der Waals surface area contributed by atoms with E-state index in [-0.39, 0.29) is 0 Å². The average Bonchev–Trinajstić information content (AvgIpc) is 2.52. The molecule has 1 heteroatoms. The highest BCUT2D eigenvalue weighted by Crippen LogP contribution is 2.12. The Morgan fingerprint density at radius 1 is 0.750 bits per heavy atom. The summed E-state index contributed by atoms with van der Waals surface area (Å²) < 4.78 is 2.25. The van der Waals surface area contributed by atoms with Crippen molar-refractivity contribution in [1.29, 1.82) is 0 Å². The molecule has 56 valence electrons. The van der Waals surface area contributed by atoms with Gasteiger partial charge in [-0.1, -0.05) is 0 Å². The fraction of sp³-hybridized carbons (Fsp3) is 0. The minimum atomic E-state index is 1.26. The smallest absolute Gasteiger partial charge is 0.154 e. The Kier molecular flexibility index (Phi) is 0.965. The van der Waals surface area contributed by atoms with Crippen LogP contribution in [0.15, 0.2) is 36.4 Å². The van der Waals surface area contributed by atoms with Crippen molar-refractivity contribution < 1.29 is 4.40 Å². The fourth-order valence-corrected chi connectivity index (χ4v) is 1.72. The van der Waals surface area contributed by atoms with Crippen LogP contribution in [0, 0.1) is 0 Å². The molecule has 0 bridgehead atoms. The van der Waals surface area contributed by atoms with Gasteiger partial charge in [0.25, 0.3) is 0 Å². The molecular weight excluding hydrogens is 146 g/mol. The first-order chi connectivity index (χ1) is 5.95. The molecule has 0 fully saturated rings. The molecule has 2 aromatic heterocycles. The van der Waals surface area contributed by atoms with Gasteiger partial charge in [-0.25, -0.2) is 0 Å². The van der Waals surface area contributed by atoms with Crippen LogP contribution in [0.1, 0.15) is 11.4 Å². The van der Waals surface area contributed by atoms with Crippen LogP contribution in [0.4, 0.5) is 0 Å². The van der Waals surface area contributed by atoms with E-state index in [2.05, 4.69) is 53.0 Å². The Labute approximate surface area is 70.6 Å². The van der Waals surface area contributed by atoms with Crippen molar-refractivity contribution in [2.75, 3.05) is 0 Å². The summed E-state index contributed by atoms with van der Waals surface area (Å²) in [6.45, 7) is 0. The number of hydrogen-bond donors (Lipinski definition) is 0. The van der Waals surface area contributed by atoms with Crippen LogP contribution < -0.4 is 4.40 Å². The molecule has 1 nitrogen and oxygen atoms in total. The van der Waals surface area contributed by atoms with Crippen molar-refractivity contribution in [2.45, 2.75) is 0 Å². The van der Waals surface area contributed by atoms with E-state index in [1.807, 2.05) is 0 Å². The Morgan fingerprint density at radius 3 is 1.92 bits per heavy atom. The van der Waals surface area contributed by atoms with E-state index in [1.165, 1.54) is 16.9 Å². The second kappa shape index (κ2) is 1.95. The molecule has 3 rings (SSSR count). The first-order valence-electron chi connectivity index (χ1n) is 4.07. The second-order valence-corrected chi connectivity index (χ2v) is 2.99. The van der Waals surface area contributed by atoms with E-state index in [0.717, 1.165) is 0 Å². The second-order valence-electron chi connectivity index (χ2n) is 2.99. The van der Waals surface area contributed by atoms with Crippen LogP contribution in [-0.4, -0.2) is 0 Å². The van der Waals surface area contributed by atoms with Crippen molar-refractivity contribution in [3.63, 3.8) is 0 Å². The molecule has 0 amide bonds. The molecule has 0 saturated heterocycles. The van der Waals surface area contributed by atoms with E-state index in [1.54, 1.807) is 0 Å². The van der Waals surface area contributed by atoms with Crippen molar-refractivity contribution in [2.24, 2.45) is 0 Å². The summed E-state index contributed by atoms with van der Waals surface area (Å²) in [4.78, 5) is 0. The van der Waals surface area contributed by atoms with Crippen LogP contribution in [0.5, 0.6) is 0 Å². The lowest BCUT2D eigenvalue weighted by atomic mass is 10.3. The minimum absolute atomic E-state index is 1.26. The SMILES string of the molecule is C1=Cc2cccc3cccc1[n+]23. The van der Waals surface area contributed by atoms with Gasteiger partial charge in [-0.3, -0.25) is 0 Å². The molecule has 2 aromatic rings. The summed E-state index contributed by atoms with van der Waals surface area (Å²) in [7, 11) is 0. The van der Waals surface area contributed by atoms with Gasteiger partial charge < -0.3 is 0 Å². The van der Waals surface area contributed by atoms with Crippen molar-refractivity contribution in [3.8, 4) is 0 Å². The highest BCUT2D eigenvalue weighted by molar-refractivity contribution is 5.68. The first-order valence-corrected chi connectivity index (χ1v) is 4.07. The highest BCUT2D eigenvalue weighted by atomic mass is 14.9. The van der Waals surface area contributed by atoms with Gasteiger partial charge in [0.1, 0.15) is 0 Å². The van der Waals surface area contributed by atoms with Gasteiger partial charge in [0.05, 0.1) is 0 Å². The standard InChI is InChI=1S/C11H8N/c1-3-9-4-2-6-11-8-7-10(5-1)12(9)11/h1-8H/q+1. The van der Waals surface area contributed by atoms with Gasteiger partial charge in [0.15, 0.2) is 0 Å². The molecule has 0 aromatic carbocycles. The maximum atomic E-state index is 2.25. The maximum Gasteiger partial charge on any atom is 0.211 e. The average molecular weight is 154 g/mol. The number of nitrogens with zero attached hydrogens (tertiary/aromatic N) is 1. The predicted octanol–water partition coefficient (Wildman–Crippen LogP) is 1.91. The quantitative estimate of drug-likeness (QED) is 0.435. The summed E-state index contributed by atoms with van der Waals surface area (Å²) in [6.07, 6.45) is 4.28. The van der Waals surface area contributed by atoms with Crippen molar-refractivity contribution >= 4 is 17.7 Å². The van der Waals surface area contributed by atoms with E-state index in [0.29, 0.717) is 0 Å². The Hall–Kier alpha value is -1.63. The molecule has 3 heterocycles. The van der Waals surface area contributed by atoms with E-state index >= 15 is 0 Å². The van der Waals surface area contributed by atoms with Crippen LogP contribution in [0.25, 0.3) is 17.7 Å². The summed E-state index contributed by atoms with van der Waals surface area (Å²) in [6, 6.07) is 12.7. The third kappa shape index (κ3) is 0.607. The number of hydrogen-bond acceptors (Lipinski definition) is 0. The van der Waals surface area contributed by atoms with Crippen molar-refractivity contribution in [3.05, 3.63) is 47.8 Å². The number of rotatable bonds is 0. The zero-order valence-electron chi connectivity index (χ0n) is 6.57. The van der Waals surface area contributed by atoms with E-state index in [4.69, 9.17) is 0 Å². The van der Waals surface area contributed by atoms with Gasteiger partial charge in [-0.05, 0) is 12.1 Å². The Balaban J connectivity index is 2.64. The first kappa shape index (κ1) is 5.95. The molecule has 12 heavy (non-hydrogen) atoms. The lowest BCUT2D eigenvalue weighted by Gasteiger charge is -1.91. The zero-order chi connectivity index (χ0) is 7.97. The van der Waals surface area contributed by atoms with E-state index in [9.17, 15) is 0 Å². The van der Waals surface area contributed by atoms with Gasteiger partial charge in [0, 0.05) is 36.4 Å². The van der Waals surface area contributed by atoms with Gasteiger partial charge in [-0.15, -0.1) is 0 Å². The molecule has 0 aliphatic carbocycles. The predicted molar refractivity (Wildman–Crippen MR) is 48.5 cm³/mol. The third-order valence-electron chi connectivity index (χ3n) is 2.27. The van der Waals surface area contributed by atoms with Crippen LogP contribution in [0.2, 0.25) is 0 Å². The molecule has 1 aliphatic heterocycles. The summed E-state index contributed by atoms with van der Waals surface area (Å²) in [5, 5.41) is 0. The summed E-state index contributed by atoms with van der Waals surface area (Å²) in [5.74, 6) is 0. The lowest BCUT2D eigenvalue weighted by Crippen LogP contribution is -2.25. The normalized spacial score (nSPS) is 12.7. The van der Waals surface area contributed by atoms with Gasteiger partial charge >= 0.3 is 0 Å². The molecule has 0 radical (unpaired) electrons. The Bertz CT molecular complexity index is 443. The zero-order valence-corrected chi connectivity index (χ0v) is 6.57. The van der Waals surface area contributed by atoms with Gasteiger partial charge in [0.2, 0.25) is 16.9 Å². The van der Waals surface area contributed by atoms with Crippen molar-refractivity contribution in [1.82, 2.24) is 0 Å². The van der Waals surface area contributed by atoms with Crippen LogP contribution in [-0.2, 0) is 0 Å². The molecule has 0 saturated carbocycles. The molecule has 0 atom stereocenters. The number of pyridine rings is 2. The van der Waals surface area contributed by atoms with E-state index < -0.39 is 0 Å². The molecular formula is C11H8N+. The van der Waals surface area contributed by atoms with Crippen LogP contribution >= 0.6 is 0 Å². The highest BCUT2D eigenvalue weighted by Gasteiger charge is 2.15. The molecule has 0 N–H and O–H groups in total. The van der Waals surface area contributed by atoms with Gasteiger partial charge in [-0.2, -0.15) is 4.40 Å². The minimum Gasteiger partial charge on any atom is -0.154 e. The largest absolute Gasteiger partial charge is 0.211 e. The number of aromatic nitrogens is 1. The topological polar surface area (TPSA) is 4.10 Å². The maximum absolute atomic E-state index is 2.25. The summed E-state index contributed by atoms with van der Waals surface area (Å²) in [5.41, 5.74) is 3.79. The molecule has 0 spiro atoms. The molecule has 1 aliphatic rings. The molecule has 0 unspecified atom stereocenters. The third-order valence-corrected chi connectivity index (χ3v) is 2.27. The summed E-state index contributed by atoms with van der Waals surface area (Å²) >= 11 is 0. The Morgan fingerprint density at radius 2 is 1.33 bits per heavy atom. The lowest BCUT2D eigenvalue weighted by molar-refractivity contribution is -0.513. The van der Waals surface area contributed by atoms with Crippen LogP contribution in [0.3, 0.4) is 0 Å². The monoisotopic (exact) mass is 154 g/mol.